The fourth-order valence-corrected chi connectivity index (χ4v) is 5.08. The van der Waals surface area contributed by atoms with Gasteiger partial charge in [-0.1, -0.05) is 6.07 Å². The molecule has 0 spiro atoms. The molecule has 0 radical (unpaired) electrons. The number of hydrogen-bond donors (Lipinski definition) is 1. The molecule has 3 heterocycles. The van der Waals surface area contributed by atoms with Crippen molar-refractivity contribution in [3.63, 3.8) is 0 Å². The number of carbonyl (C=O) groups excluding carboxylic acids is 1. The number of thiophene rings is 1. The van der Waals surface area contributed by atoms with E-state index in [4.69, 9.17) is 4.98 Å². The van der Waals surface area contributed by atoms with E-state index in [-0.39, 0.29) is 11.7 Å². The van der Waals surface area contributed by atoms with Crippen LogP contribution in [0.25, 0.3) is 10.2 Å². The molecule has 0 saturated carbocycles. The molecule has 1 atom stereocenters. The highest BCUT2D eigenvalue weighted by Crippen LogP contribution is 2.38. The first-order valence-electron chi connectivity index (χ1n) is 9.97. The quantitative estimate of drug-likeness (QED) is 0.627. The van der Waals surface area contributed by atoms with E-state index in [0.29, 0.717) is 22.4 Å². The lowest BCUT2D eigenvalue weighted by Crippen LogP contribution is -2.38. The average Bonchev–Trinajstić information content (AvgIpc) is 3.01. The van der Waals surface area contributed by atoms with Crippen LogP contribution in [0, 0.1) is 26.6 Å². The van der Waals surface area contributed by atoms with Crippen LogP contribution >= 0.6 is 11.3 Å². The van der Waals surface area contributed by atoms with Gasteiger partial charge in [0.2, 0.25) is 0 Å². The SMILES string of the molecule is Cc1nc(N2CCCC[C@@H]2C)c2c(C)c(C(=O)Nc3cc(F)ccc3C)sc2n1. The summed E-state index contributed by atoms with van der Waals surface area (Å²) < 4.78 is 13.6. The van der Waals surface area contributed by atoms with Crippen LogP contribution < -0.4 is 10.2 Å². The maximum Gasteiger partial charge on any atom is 0.266 e. The van der Waals surface area contributed by atoms with E-state index in [1.807, 2.05) is 20.8 Å². The number of rotatable bonds is 3. The van der Waals surface area contributed by atoms with Crippen molar-refractivity contribution in [2.75, 3.05) is 16.8 Å². The first-order chi connectivity index (χ1) is 13.8. The molecule has 7 heteroatoms. The Bertz CT molecular complexity index is 1090. The molecule has 0 unspecified atom stereocenters. The van der Waals surface area contributed by atoms with Gasteiger partial charge in [-0.2, -0.15) is 0 Å². The van der Waals surface area contributed by atoms with Gasteiger partial charge in [-0.25, -0.2) is 14.4 Å². The largest absolute Gasteiger partial charge is 0.353 e. The highest BCUT2D eigenvalue weighted by Gasteiger charge is 2.26. The fourth-order valence-electron chi connectivity index (χ4n) is 3.97. The number of anilines is 2. The number of aryl methyl sites for hydroxylation is 3. The van der Waals surface area contributed by atoms with Gasteiger partial charge in [0.1, 0.15) is 22.3 Å². The maximum absolute atomic E-state index is 13.6. The topological polar surface area (TPSA) is 58.1 Å². The number of nitrogens with one attached hydrogen (secondary N) is 1. The number of fused-ring (bicyclic) bond motifs is 1. The first kappa shape index (κ1) is 19.8. The molecule has 1 aliphatic rings. The van der Waals surface area contributed by atoms with Gasteiger partial charge in [-0.15, -0.1) is 11.3 Å². The average molecular weight is 413 g/mol. The predicted octanol–water partition coefficient (Wildman–Crippen LogP) is 5.39. The van der Waals surface area contributed by atoms with Crippen LogP contribution in [0.4, 0.5) is 15.9 Å². The number of aromatic nitrogens is 2. The van der Waals surface area contributed by atoms with Gasteiger partial charge in [0.15, 0.2) is 0 Å². The molecular weight excluding hydrogens is 387 g/mol. The van der Waals surface area contributed by atoms with Crippen molar-refractivity contribution in [2.45, 2.75) is 53.0 Å². The minimum absolute atomic E-state index is 0.241. The molecule has 0 aliphatic carbocycles. The predicted molar refractivity (Wildman–Crippen MR) is 117 cm³/mol. The second-order valence-electron chi connectivity index (χ2n) is 7.78. The lowest BCUT2D eigenvalue weighted by molar-refractivity contribution is 0.103. The van der Waals surface area contributed by atoms with Crippen LogP contribution in [-0.2, 0) is 0 Å². The molecule has 1 amide bonds. The minimum Gasteiger partial charge on any atom is -0.353 e. The number of piperidine rings is 1. The van der Waals surface area contributed by atoms with E-state index in [1.165, 1.54) is 29.9 Å². The van der Waals surface area contributed by atoms with Gasteiger partial charge in [0.25, 0.3) is 5.91 Å². The number of carbonyl (C=O) groups is 1. The smallest absolute Gasteiger partial charge is 0.266 e. The monoisotopic (exact) mass is 412 g/mol. The summed E-state index contributed by atoms with van der Waals surface area (Å²) in [6.45, 7) is 8.87. The fraction of sp³-hybridized carbons (Fsp3) is 0.409. The van der Waals surface area contributed by atoms with E-state index in [2.05, 4.69) is 22.1 Å². The second-order valence-corrected chi connectivity index (χ2v) is 8.78. The third kappa shape index (κ3) is 3.71. The summed E-state index contributed by atoms with van der Waals surface area (Å²) >= 11 is 1.37. The van der Waals surface area contributed by atoms with Crippen LogP contribution in [0.15, 0.2) is 18.2 Å². The molecule has 2 aromatic heterocycles. The summed E-state index contributed by atoms with van der Waals surface area (Å²) in [6.07, 6.45) is 3.51. The van der Waals surface area contributed by atoms with Crippen molar-refractivity contribution in [3.8, 4) is 0 Å². The Morgan fingerprint density at radius 1 is 1.24 bits per heavy atom. The second kappa shape index (κ2) is 7.71. The van der Waals surface area contributed by atoms with Crippen LogP contribution in [0.1, 0.15) is 52.8 Å². The Morgan fingerprint density at radius 2 is 2.03 bits per heavy atom. The zero-order chi connectivity index (χ0) is 20.7. The van der Waals surface area contributed by atoms with E-state index in [0.717, 1.165) is 46.5 Å². The van der Waals surface area contributed by atoms with Crippen molar-refractivity contribution in [2.24, 2.45) is 0 Å². The molecule has 1 aromatic carbocycles. The van der Waals surface area contributed by atoms with Gasteiger partial charge in [0.05, 0.1) is 10.3 Å². The van der Waals surface area contributed by atoms with Gasteiger partial charge >= 0.3 is 0 Å². The standard InChI is InChI=1S/C22H25FN4OS/c1-12-8-9-16(23)11-17(12)26-21(28)19-14(3)18-20(24-15(4)25-22(18)29-19)27-10-6-5-7-13(27)2/h8-9,11,13H,5-7,10H2,1-4H3,(H,26,28)/t13-/m0/s1. The highest BCUT2D eigenvalue weighted by atomic mass is 32.1. The molecule has 0 bridgehead atoms. The third-order valence-electron chi connectivity index (χ3n) is 5.61. The molecule has 1 N–H and O–H groups in total. The number of benzene rings is 1. The molecule has 1 saturated heterocycles. The number of halogens is 1. The Balaban J connectivity index is 1.76. The minimum atomic E-state index is -0.373. The van der Waals surface area contributed by atoms with Crippen LogP contribution in [-0.4, -0.2) is 28.5 Å². The summed E-state index contributed by atoms with van der Waals surface area (Å²) in [5, 5.41) is 3.82. The summed E-state index contributed by atoms with van der Waals surface area (Å²) in [6, 6.07) is 4.81. The molecule has 1 aliphatic heterocycles. The zero-order valence-corrected chi connectivity index (χ0v) is 18.0. The Hall–Kier alpha value is -2.54. The molecule has 3 aromatic rings. The van der Waals surface area contributed by atoms with Crippen molar-refractivity contribution in [3.05, 3.63) is 45.8 Å². The van der Waals surface area contributed by atoms with E-state index < -0.39 is 0 Å². The van der Waals surface area contributed by atoms with Gasteiger partial charge in [-0.05, 0) is 70.2 Å². The molecular formula is C22H25FN4OS. The van der Waals surface area contributed by atoms with E-state index >= 15 is 0 Å². The van der Waals surface area contributed by atoms with E-state index in [9.17, 15) is 9.18 Å². The number of amides is 1. The van der Waals surface area contributed by atoms with Crippen molar-refractivity contribution in [1.29, 1.82) is 0 Å². The van der Waals surface area contributed by atoms with Crippen LogP contribution in [0.2, 0.25) is 0 Å². The third-order valence-corrected chi connectivity index (χ3v) is 6.80. The van der Waals surface area contributed by atoms with Crippen LogP contribution in [0.5, 0.6) is 0 Å². The number of hydrogen-bond acceptors (Lipinski definition) is 5. The summed E-state index contributed by atoms with van der Waals surface area (Å²) in [4.78, 5) is 26.1. The number of nitrogens with zero attached hydrogens (tertiary/aromatic N) is 3. The molecule has 4 rings (SSSR count). The zero-order valence-electron chi connectivity index (χ0n) is 17.2. The molecule has 5 nitrogen and oxygen atoms in total. The van der Waals surface area contributed by atoms with Gasteiger partial charge < -0.3 is 10.2 Å². The maximum atomic E-state index is 13.6. The summed E-state index contributed by atoms with van der Waals surface area (Å²) in [7, 11) is 0. The summed E-state index contributed by atoms with van der Waals surface area (Å²) in [5.41, 5.74) is 2.18. The Labute approximate surface area is 174 Å². The molecule has 152 valence electrons. The Morgan fingerprint density at radius 3 is 2.79 bits per heavy atom. The van der Waals surface area contributed by atoms with Crippen molar-refractivity contribution < 1.29 is 9.18 Å². The van der Waals surface area contributed by atoms with Gasteiger partial charge in [-0.3, -0.25) is 4.79 Å². The van der Waals surface area contributed by atoms with Gasteiger partial charge in [0, 0.05) is 18.3 Å². The highest BCUT2D eigenvalue weighted by molar-refractivity contribution is 7.20. The van der Waals surface area contributed by atoms with Crippen molar-refractivity contribution in [1.82, 2.24) is 9.97 Å². The molecule has 29 heavy (non-hydrogen) atoms. The van der Waals surface area contributed by atoms with Crippen LogP contribution in [0.3, 0.4) is 0 Å². The Kier molecular flexibility index (Phi) is 5.25. The van der Waals surface area contributed by atoms with E-state index in [1.54, 1.807) is 6.07 Å². The lowest BCUT2D eigenvalue weighted by atomic mass is 10.0. The van der Waals surface area contributed by atoms with Crippen molar-refractivity contribution >= 4 is 39.0 Å². The first-order valence-corrected chi connectivity index (χ1v) is 10.8. The molecule has 1 fully saturated rings. The normalized spacial score (nSPS) is 17.0. The lowest BCUT2D eigenvalue weighted by Gasteiger charge is -2.35. The summed E-state index contributed by atoms with van der Waals surface area (Å²) in [5.74, 6) is 1.02.